The Morgan fingerprint density at radius 2 is 2.14 bits per heavy atom. The molecule has 7 nitrogen and oxygen atoms in total. The molecule has 0 aromatic rings. The summed E-state index contributed by atoms with van der Waals surface area (Å²) < 4.78 is 5.38. The van der Waals surface area contributed by atoms with Crippen molar-refractivity contribution in [1.82, 2.24) is 15.1 Å². The standard InChI is InChI=1S/C14H25N3O4/c1-10-7-11(3-4-16(10)2)15-14(20)17-5-6-21-12(9-17)8-13(18)19/h10-12H,3-9H2,1-2H3,(H,15,20)(H,18,19). The summed E-state index contributed by atoms with van der Waals surface area (Å²) in [4.78, 5) is 27.0. The summed E-state index contributed by atoms with van der Waals surface area (Å²) in [5.41, 5.74) is 0. The number of carbonyl (C=O) groups excluding carboxylic acids is 1. The zero-order chi connectivity index (χ0) is 15.4. The number of urea groups is 1. The maximum Gasteiger partial charge on any atom is 0.317 e. The van der Waals surface area contributed by atoms with Gasteiger partial charge in [-0.3, -0.25) is 4.79 Å². The number of amides is 2. The minimum atomic E-state index is -0.897. The summed E-state index contributed by atoms with van der Waals surface area (Å²) in [7, 11) is 2.10. The van der Waals surface area contributed by atoms with Gasteiger partial charge < -0.3 is 25.0 Å². The van der Waals surface area contributed by atoms with E-state index in [4.69, 9.17) is 9.84 Å². The van der Waals surface area contributed by atoms with Crippen LogP contribution in [0.15, 0.2) is 0 Å². The Morgan fingerprint density at radius 1 is 1.38 bits per heavy atom. The lowest BCUT2D eigenvalue weighted by Crippen LogP contribution is -2.54. The summed E-state index contributed by atoms with van der Waals surface area (Å²) in [6, 6.07) is 0.563. The minimum absolute atomic E-state index is 0.0605. The Balaban J connectivity index is 1.81. The van der Waals surface area contributed by atoms with Crippen molar-refractivity contribution in [3.63, 3.8) is 0 Å². The summed E-state index contributed by atoms with van der Waals surface area (Å²) >= 11 is 0. The third-order valence-electron chi connectivity index (χ3n) is 4.36. The summed E-state index contributed by atoms with van der Waals surface area (Å²) in [6.07, 6.45) is 1.44. The average Bonchev–Trinajstić information content (AvgIpc) is 2.42. The van der Waals surface area contributed by atoms with Gasteiger partial charge in [0.25, 0.3) is 0 Å². The van der Waals surface area contributed by atoms with Crippen LogP contribution in [0.25, 0.3) is 0 Å². The molecule has 0 bridgehead atoms. The topological polar surface area (TPSA) is 82.1 Å². The van der Waals surface area contributed by atoms with Crippen LogP contribution >= 0.6 is 0 Å². The van der Waals surface area contributed by atoms with Crippen molar-refractivity contribution in [2.45, 2.75) is 44.4 Å². The number of hydrogen-bond donors (Lipinski definition) is 2. The lowest BCUT2D eigenvalue weighted by Gasteiger charge is -2.37. The molecular weight excluding hydrogens is 274 g/mol. The van der Waals surface area contributed by atoms with Crippen molar-refractivity contribution in [3.05, 3.63) is 0 Å². The Hall–Kier alpha value is -1.34. The molecule has 3 atom stereocenters. The number of ether oxygens (including phenoxy) is 1. The number of morpholine rings is 1. The van der Waals surface area contributed by atoms with Gasteiger partial charge in [-0.2, -0.15) is 0 Å². The van der Waals surface area contributed by atoms with Gasteiger partial charge in [-0.15, -0.1) is 0 Å². The molecule has 3 unspecified atom stereocenters. The van der Waals surface area contributed by atoms with E-state index in [1.807, 2.05) is 0 Å². The van der Waals surface area contributed by atoms with Crippen molar-refractivity contribution in [3.8, 4) is 0 Å². The summed E-state index contributed by atoms with van der Waals surface area (Å²) in [6.45, 7) is 4.41. The smallest absolute Gasteiger partial charge is 0.317 e. The van der Waals surface area contributed by atoms with Gasteiger partial charge in [-0.05, 0) is 26.8 Å². The van der Waals surface area contributed by atoms with Crippen LogP contribution in [0.2, 0.25) is 0 Å². The van der Waals surface area contributed by atoms with Crippen LogP contribution in [0.4, 0.5) is 4.79 Å². The molecule has 7 heteroatoms. The van der Waals surface area contributed by atoms with Gasteiger partial charge >= 0.3 is 12.0 Å². The molecule has 0 spiro atoms. The Labute approximate surface area is 125 Å². The number of likely N-dealkylation sites (tertiary alicyclic amines) is 1. The quantitative estimate of drug-likeness (QED) is 0.786. The number of carboxylic acids is 1. The van der Waals surface area contributed by atoms with Gasteiger partial charge in [0.05, 0.1) is 19.1 Å². The molecule has 0 aromatic carbocycles. The van der Waals surface area contributed by atoms with Crippen molar-refractivity contribution in [1.29, 1.82) is 0 Å². The van der Waals surface area contributed by atoms with Gasteiger partial charge in [0, 0.05) is 31.7 Å². The second kappa shape index (κ2) is 7.09. The molecular formula is C14H25N3O4. The lowest BCUT2D eigenvalue weighted by molar-refractivity contribution is -0.141. The molecule has 2 rings (SSSR count). The summed E-state index contributed by atoms with van der Waals surface area (Å²) in [5.74, 6) is -0.897. The maximum absolute atomic E-state index is 12.3. The maximum atomic E-state index is 12.3. The highest BCUT2D eigenvalue weighted by Gasteiger charge is 2.29. The molecule has 120 valence electrons. The predicted octanol–water partition coefficient (Wildman–Crippen LogP) is 0.354. The lowest BCUT2D eigenvalue weighted by atomic mass is 9.99. The van der Waals surface area contributed by atoms with Crippen molar-refractivity contribution in [2.24, 2.45) is 0 Å². The van der Waals surface area contributed by atoms with Gasteiger partial charge in [0.1, 0.15) is 0 Å². The van der Waals surface area contributed by atoms with E-state index >= 15 is 0 Å². The molecule has 21 heavy (non-hydrogen) atoms. The van der Waals surface area contributed by atoms with Crippen LogP contribution < -0.4 is 5.32 Å². The number of aliphatic carboxylic acids is 1. The van der Waals surface area contributed by atoms with E-state index in [9.17, 15) is 9.59 Å². The number of piperidine rings is 1. The normalized spacial score (nSPS) is 31.0. The van der Waals surface area contributed by atoms with E-state index in [0.717, 1.165) is 19.4 Å². The fraction of sp³-hybridized carbons (Fsp3) is 0.857. The largest absolute Gasteiger partial charge is 0.481 e. The van der Waals surface area contributed by atoms with Crippen LogP contribution in [0.5, 0.6) is 0 Å². The van der Waals surface area contributed by atoms with E-state index in [-0.39, 0.29) is 18.5 Å². The first-order chi connectivity index (χ1) is 9.95. The number of carbonyl (C=O) groups is 2. The van der Waals surface area contributed by atoms with Gasteiger partial charge in [0.2, 0.25) is 0 Å². The number of hydrogen-bond acceptors (Lipinski definition) is 4. The molecule has 2 N–H and O–H groups in total. The highest BCUT2D eigenvalue weighted by molar-refractivity contribution is 5.75. The number of nitrogens with zero attached hydrogens (tertiary/aromatic N) is 2. The second-order valence-electron chi connectivity index (χ2n) is 6.04. The SMILES string of the molecule is CC1CC(NC(=O)N2CCOC(CC(=O)O)C2)CCN1C. The van der Waals surface area contributed by atoms with Crippen LogP contribution in [0, 0.1) is 0 Å². The molecule has 2 aliphatic rings. The van der Waals surface area contributed by atoms with E-state index in [0.29, 0.717) is 25.7 Å². The second-order valence-corrected chi connectivity index (χ2v) is 6.04. The predicted molar refractivity (Wildman–Crippen MR) is 77.2 cm³/mol. The van der Waals surface area contributed by atoms with Gasteiger partial charge in [-0.25, -0.2) is 4.79 Å². The molecule has 0 saturated carbocycles. The molecule has 0 aliphatic carbocycles. The monoisotopic (exact) mass is 299 g/mol. The third kappa shape index (κ3) is 4.57. The van der Waals surface area contributed by atoms with Crippen molar-refractivity contribution < 1.29 is 19.4 Å². The average molecular weight is 299 g/mol. The first kappa shape index (κ1) is 16.0. The van der Waals surface area contributed by atoms with Crippen molar-refractivity contribution in [2.75, 3.05) is 33.3 Å². The number of nitrogens with one attached hydrogen (secondary N) is 1. The van der Waals surface area contributed by atoms with Gasteiger partial charge in [-0.1, -0.05) is 0 Å². The number of rotatable bonds is 3. The Morgan fingerprint density at radius 3 is 2.81 bits per heavy atom. The molecule has 2 aliphatic heterocycles. The highest BCUT2D eigenvalue weighted by Crippen LogP contribution is 2.16. The molecule has 2 heterocycles. The molecule has 2 saturated heterocycles. The molecule has 0 aromatic heterocycles. The Bertz CT molecular complexity index is 390. The number of carboxylic acid groups (broad SMARTS) is 1. The van der Waals surface area contributed by atoms with E-state index in [1.165, 1.54) is 0 Å². The van der Waals surface area contributed by atoms with Gasteiger partial charge in [0.15, 0.2) is 0 Å². The first-order valence-electron chi connectivity index (χ1n) is 7.54. The van der Waals surface area contributed by atoms with Crippen molar-refractivity contribution >= 4 is 12.0 Å². The summed E-state index contributed by atoms with van der Waals surface area (Å²) in [5, 5.41) is 11.9. The Kier molecular flexibility index (Phi) is 5.41. The fourth-order valence-electron chi connectivity index (χ4n) is 2.91. The van der Waals surface area contributed by atoms with Crippen LogP contribution in [0.1, 0.15) is 26.2 Å². The first-order valence-corrected chi connectivity index (χ1v) is 7.54. The third-order valence-corrected chi connectivity index (χ3v) is 4.36. The minimum Gasteiger partial charge on any atom is -0.481 e. The molecule has 2 fully saturated rings. The van der Waals surface area contributed by atoms with E-state index in [1.54, 1.807) is 4.90 Å². The van der Waals surface area contributed by atoms with E-state index < -0.39 is 12.1 Å². The van der Waals surface area contributed by atoms with Crippen LogP contribution in [-0.4, -0.2) is 78.4 Å². The highest BCUT2D eigenvalue weighted by atomic mass is 16.5. The van der Waals surface area contributed by atoms with E-state index in [2.05, 4.69) is 24.2 Å². The fourth-order valence-corrected chi connectivity index (χ4v) is 2.91. The molecule has 0 radical (unpaired) electrons. The van der Waals surface area contributed by atoms with Crippen LogP contribution in [-0.2, 0) is 9.53 Å². The van der Waals surface area contributed by atoms with Crippen LogP contribution in [0.3, 0.4) is 0 Å². The molecule has 2 amide bonds. The zero-order valence-electron chi connectivity index (χ0n) is 12.7. The zero-order valence-corrected chi connectivity index (χ0v) is 12.7.